The molecule has 0 aromatic carbocycles. The van der Waals surface area contributed by atoms with Crippen LogP contribution in [0.5, 0.6) is 0 Å². The lowest BCUT2D eigenvalue weighted by Gasteiger charge is -2.11. The summed E-state index contributed by atoms with van der Waals surface area (Å²) in [6.07, 6.45) is 1.01. The standard InChI is InChI=1S/C8H15NO3S/c1-3-4-13-5-7(8(11)12)9-6(2)10/h7H,3-5H2,1-2H3,(H,9,10)(H,11,12)/t7-/m1/s1. The lowest BCUT2D eigenvalue weighted by atomic mass is 10.3. The first-order valence-corrected chi connectivity index (χ1v) is 5.31. The van der Waals surface area contributed by atoms with E-state index in [4.69, 9.17) is 5.11 Å². The van der Waals surface area contributed by atoms with Crippen molar-refractivity contribution in [1.82, 2.24) is 5.32 Å². The number of carboxylic acid groups (broad SMARTS) is 1. The molecule has 4 nitrogen and oxygen atoms in total. The first kappa shape index (κ1) is 12.3. The van der Waals surface area contributed by atoms with Gasteiger partial charge in [0.15, 0.2) is 0 Å². The Kier molecular flexibility index (Phi) is 6.40. The van der Waals surface area contributed by atoms with E-state index in [1.807, 2.05) is 6.92 Å². The topological polar surface area (TPSA) is 66.4 Å². The van der Waals surface area contributed by atoms with Gasteiger partial charge in [0, 0.05) is 12.7 Å². The van der Waals surface area contributed by atoms with Crippen LogP contribution in [0.1, 0.15) is 20.3 Å². The minimum Gasteiger partial charge on any atom is -0.480 e. The number of carboxylic acids is 1. The van der Waals surface area contributed by atoms with Gasteiger partial charge in [-0.15, -0.1) is 0 Å². The van der Waals surface area contributed by atoms with Gasteiger partial charge in [0.1, 0.15) is 6.04 Å². The summed E-state index contributed by atoms with van der Waals surface area (Å²) in [7, 11) is 0. The van der Waals surface area contributed by atoms with E-state index in [-0.39, 0.29) is 5.91 Å². The SMILES string of the molecule is CCCSC[C@@H](NC(C)=O)C(=O)O. The number of hydrogen-bond acceptors (Lipinski definition) is 3. The number of carbonyl (C=O) groups excluding carboxylic acids is 1. The molecule has 0 fully saturated rings. The lowest BCUT2D eigenvalue weighted by molar-refractivity contribution is -0.140. The zero-order chi connectivity index (χ0) is 10.3. The van der Waals surface area contributed by atoms with Crippen molar-refractivity contribution in [3.8, 4) is 0 Å². The van der Waals surface area contributed by atoms with E-state index in [1.165, 1.54) is 18.7 Å². The first-order chi connectivity index (χ1) is 6.07. The Morgan fingerprint density at radius 1 is 1.54 bits per heavy atom. The normalized spacial score (nSPS) is 12.2. The average molecular weight is 205 g/mol. The number of rotatable bonds is 6. The summed E-state index contributed by atoms with van der Waals surface area (Å²) in [6, 6.07) is -0.756. The first-order valence-electron chi connectivity index (χ1n) is 4.15. The molecule has 0 rings (SSSR count). The van der Waals surface area contributed by atoms with Gasteiger partial charge in [-0.2, -0.15) is 11.8 Å². The van der Waals surface area contributed by atoms with Crippen LogP contribution < -0.4 is 5.32 Å². The molecule has 0 aromatic heterocycles. The second kappa shape index (κ2) is 6.77. The molecule has 5 heteroatoms. The van der Waals surface area contributed by atoms with Crippen molar-refractivity contribution in [3.05, 3.63) is 0 Å². The van der Waals surface area contributed by atoms with Crippen molar-refractivity contribution in [1.29, 1.82) is 0 Å². The van der Waals surface area contributed by atoms with Crippen LogP contribution in [-0.2, 0) is 9.59 Å². The molecule has 13 heavy (non-hydrogen) atoms. The molecule has 0 heterocycles. The zero-order valence-corrected chi connectivity index (χ0v) is 8.69. The Hall–Kier alpha value is -0.710. The largest absolute Gasteiger partial charge is 0.480 e. The highest BCUT2D eigenvalue weighted by atomic mass is 32.2. The van der Waals surface area contributed by atoms with Crippen LogP contribution in [0.4, 0.5) is 0 Å². The quantitative estimate of drug-likeness (QED) is 0.627. The summed E-state index contributed by atoms with van der Waals surface area (Å²) in [6.45, 7) is 3.35. The summed E-state index contributed by atoms with van der Waals surface area (Å²) < 4.78 is 0. The minimum absolute atomic E-state index is 0.301. The van der Waals surface area contributed by atoms with Gasteiger partial charge in [0.25, 0.3) is 0 Å². The van der Waals surface area contributed by atoms with Gasteiger partial charge in [0.2, 0.25) is 5.91 Å². The molecule has 0 saturated heterocycles. The van der Waals surface area contributed by atoms with Gasteiger partial charge in [0.05, 0.1) is 0 Å². The van der Waals surface area contributed by atoms with E-state index >= 15 is 0 Å². The molecule has 2 N–H and O–H groups in total. The lowest BCUT2D eigenvalue weighted by Crippen LogP contribution is -2.41. The van der Waals surface area contributed by atoms with Crippen LogP contribution in [0.25, 0.3) is 0 Å². The van der Waals surface area contributed by atoms with Gasteiger partial charge in [-0.1, -0.05) is 6.92 Å². The molecule has 0 spiro atoms. The summed E-state index contributed by atoms with van der Waals surface area (Å²) in [5.41, 5.74) is 0. The highest BCUT2D eigenvalue weighted by Crippen LogP contribution is 2.04. The van der Waals surface area contributed by atoms with Crippen molar-refractivity contribution >= 4 is 23.6 Å². The molecule has 1 atom stereocenters. The fraction of sp³-hybridized carbons (Fsp3) is 0.750. The van der Waals surface area contributed by atoms with Crippen molar-refractivity contribution in [2.24, 2.45) is 0 Å². The number of thioether (sulfide) groups is 1. The molecule has 0 unspecified atom stereocenters. The Morgan fingerprint density at radius 3 is 2.54 bits per heavy atom. The average Bonchev–Trinajstić information content (AvgIpc) is 2.02. The third-order valence-electron chi connectivity index (χ3n) is 1.31. The van der Waals surface area contributed by atoms with E-state index in [9.17, 15) is 9.59 Å². The maximum Gasteiger partial charge on any atom is 0.327 e. The van der Waals surface area contributed by atoms with Crippen LogP contribution in [0, 0.1) is 0 Å². The van der Waals surface area contributed by atoms with Crippen LogP contribution >= 0.6 is 11.8 Å². The maximum absolute atomic E-state index is 10.6. The number of amides is 1. The van der Waals surface area contributed by atoms with Crippen molar-refractivity contribution in [2.45, 2.75) is 26.3 Å². The number of aliphatic carboxylic acids is 1. The van der Waals surface area contributed by atoms with Gasteiger partial charge in [-0.3, -0.25) is 4.79 Å². The van der Waals surface area contributed by atoms with Crippen molar-refractivity contribution in [3.63, 3.8) is 0 Å². The smallest absolute Gasteiger partial charge is 0.327 e. The molecular formula is C8H15NO3S. The fourth-order valence-electron chi connectivity index (χ4n) is 0.766. The molecule has 0 bridgehead atoms. The Labute approximate surface area is 82.1 Å². The molecule has 0 radical (unpaired) electrons. The molecular weight excluding hydrogens is 190 g/mol. The molecule has 0 aliphatic heterocycles. The van der Waals surface area contributed by atoms with Crippen LogP contribution in [0.15, 0.2) is 0 Å². The molecule has 0 aliphatic carbocycles. The molecule has 76 valence electrons. The summed E-state index contributed by atoms with van der Waals surface area (Å²) >= 11 is 1.54. The second-order valence-corrected chi connectivity index (χ2v) is 3.82. The Bertz CT molecular complexity index is 184. The number of nitrogens with one attached hydrogen (secondary N) is 1. The zero-order valence-electron chi connectivity index (χ0n) is 7.87. The number of hydrogen-bond donors (Lipinski definition) is 2. The van der Waals surface area contributed by atoms with E-state index in [0.29, 0.717) is 5.75 Å². The predicted molar refractivity (Wildman–Crippen MR) is 52.9 cm³/mol. The van der Waals surface area contributed by atoms with Crippen LogP contribution in [-0.4, -0.2) is 34.5 Å². The Balaban J connectivity index is 3.81. The highest BCUT2D eigenvalue weighted by molar-refractivity contribution is 7.99. The molecule has 0 saturated carbocycles. The van der Waals surface area contributed by atoms with Crippen LogP contribution in [0.2, 0.25) is 0 Å². The summed E-state index contributed by atoms with van der Waals surface area (Å²) in [4.78, 5) is 21.2. The van der Waals surface area contributed by atoms with Gasteiger partial charge >= 0.3 is 5.97 Å². The predicted octanol–water partition coefficient (Wildman–Crippen LogP) is 0.719. The van der Waals surface area contributed by atoms with E-state index < -0.39 is 12.0 Å². The van der Waals surface area contributed by atoms with E-state index in [2.05, 4.69) is 5.32 Å². The third kappa shape index (κ3) is 6.45. The van der Waals surface area contributed by atoms with Gasteiger partial charge < -0.3 is 10.4 Å². The van der Waals surface area contributed by atoms with Crippen LogP contribution in [0.3, 0.4) is 0 Å². The maximum atomic E-state index is 10.6. The fourth-order valence-corrected chi connectivity index (χ4v) is 1.68. The highest BCUT2D eigenvalue weighted by Gasteiger charge is 2.17. The molecule has 0 aliphatic rings. The summed E-state index contributed by atoms with van der Waals surface area (Å²) in [5.74, 6) is 0.0786. The monoisotopic (exact) mass is 205 g/mol. The summed E-state index contributed by atoms with van der Waals surface area (Å²) in [5, 5.41) is 11.1. The third-order valence-corrected chi connectivity index (χ3v) is 2.57. The molecule has 0 aromatic rings. The number of carbonyl (C=O) groups is 2. The van der Waals surface area contributed by atoms with Crippen molar-refractivity contribution in [2.75, 3.05) is 11.5 Å². The Morgan fingerprint density at radius 2 is 2.15 bits per heavy atom. The van der Waals surface area contributed by atoms with Gasteiger partial charge in [-0.25, -0.2) is 4.79 Å². The van der Waals surface area contributed by atoms with Gasteiger partial charge in [-0.05, 0) is 12.2 Å². The van der Waals surface area contributed by atoms with Crippen molar-refractivity contribution < 1.29 is 14.7 Å². The second-order valence-electron chi connectivity index (χ2n) is 2.67. The minimum atomic E-state index is -0.973. The van der Waals surface area contributed by atoms with E-state index in [0.717, 1.165) is 12.2 Å². The molecule has 1 amide bonds. The van der Waals surface area contributed by atoms with E-state index in [1.54, 1.807) is 0 Å².